The number of amides is 1. The van der Waals surface area contributed by atoms with E-state index in [-0.39, 0.29) is 11.6 Å². The van der Waals surface area contributed by atoms with Gasteiger partial charge in [0.1, 0.15) is 0 Å². The van der Waals surface area contributed by atoms with E-state index in [2.05, 4.69) is 28.2 Å². The Morgan fingerprint density at radius 3 is 2.75 bits per heavy atom. The van der Waals surface area contributed by atoms with Crippen LogP contribution in [0.3, 0.4) is 0 Å². The number of aryl methyl sites for hydroxylation is 1. The van der Waals surface area contributed by atoms with Crippen LogP contribution in [-0.2, 0) is 0 Å². The summed E-state index contributed by atoms with van der Waals surface area (Å²) in [6, 6.07) is 4.28. The van der Waals surface area contributed by atoms with E-state index in [1.165, 1.54) is 18.2 Å². The first-order chi connectivity index (χ1) is 9.45. The number of hydrogen-bond acceptors (Lipinski definition) is 3. The van der Waals surface area contributed by atoms with Crippen molar-refractivity contribution in [3.05, 3.63) is 39.4 Å². The van der Waals surface area contributed by atoms with Gasteiger partial charge in [-0.1, -0.05) is 22.9 Å². The Hall–Kier alpha value is -1.43. The maximum absolute atomic E-state index is 12.0. The molecule has 0 aliphatic heterocycles. The minimum absolute atomic E-state index is 0.00481. The number of alkyl halides is 1. The maximum atomic E-state index is 12.0. The molecule has 110 valence electrons. The molecule has 1 N–H and O–H groups in total. The maximum Gasteiger partial charge on any atom is 0.269 e. The van der Waals surface area contributed by atoms with Crippen molar-refractivity contribution in [2.24, 2.45) is 5.92 Å². The van der Waals surface area contributed by atoms with Gasteiger partial charge < -0.3 is 5.32 Å². The average Bonchev–Trinajstić information content (AvgIpc) is 2.42. The lowest BCUT2D eigenvalue weighted by Crippen LogP contribution is -2.25. The Labute approximate surface area is 127 Å². The first kappa shape index (κ1) is 16.6. The highest BCUT2D eigenvalue weighted by Gasteiger charge is 2.13. The van der Waals surface area contributed by atoms with Gasteiger partial charge in [-0.05, 0) is 37.3 Å². The second kappa shape index (κ2) is 7.99. The molecular weight excluding hydrogens is 324 g/mol. The molecule has 0 heterocycles. The minimum Gasteiger partial charge on any atom is -0.352 e. The minimum atomic E-state index is -0.462. The van der Waals surface area contributed by atoms with Gasteiger partial charge >= 0.3 is 0 Å². The molecule has 5 nitrogen and oxygen atoms in total. The van der Waals surface area contributed by atoms with E-state index in [0.29, 0.717) is 23.6 Å². The van der Waals surface area contributed by atoms with Gasteiger partial charge in [0.05, 0.1) is 4.92 Å². The van der Waals surface area contributed by atoms with Crippen molar-refractivity contribution in [1.82, 2.24) is 5.32 Å². The zero-order chi connectivity index (χ0) is 15.1. The number of nitrogens with zero attached hydrogens (tertiary/aromatic N) is 1. The summed E-state index contributed by atoms with van der Waals surface area (Å²) in [7, 11) is 0. The molecule has 0 saturated carbocycles. The second-order valence-corrected chi connectivity index (χ2v) is 5.56. The molecule has 0 saturated heterocycles. The van der Waals surface area contributed by atoms with Gasteiger partial charge in [-0.15, -0.1) is 0 Å². The Kier molecular flexibility index (Phi) is 6.64. The Balaban J connectivity index is 2.53. The molecule has 0 aliphatic rings. The molecule has 1 amide bonds. The fraction of sp³-hybridized carbons (Fsp3) is 0.500. The molecule has 1 unspecified atom stereocenters. The van der Waals surface area contributed by atoms with Gasteiger partial charge in [0, 0.05) is 29.6 Å². The number of nitro groups is 1. The lowest BCUT2D eigenvalue weighted by molar-refractivity contribution is -0.384. The van der Waals surface area contributed by atoms with Crippen molar-refractivity contribution in [1.29, 1.82) is 0 Å². The van der Waals surface area contributed by atoms with Crippen molar-refractivity contribution in [3.8, 4) is 0 Å². The van der Waals surface area contributed by atoms with Crippen molar-refractivity contribution in [2.45, 2.75) is 26.7 Å². The van der Waals surface area contributed by atoms with E-state index in [1.807, 2.05) is 0 Å². The van der Waals surface area contributed by atoms with Gasteiger partial charge in [-0.2, -0.15) is 0 Å². The summed E-state index contributed by atoms with van der Waals surface area (Å²) in [4.78, 5) is 22.1. The van der Waals surface area contributed by atoms with Crippen LogP contribution in [0.4, 0.5) is 5.69 Å². The van der Waals surface area contributed by atoms with Crippen LogP contribution in [0, 0.1) is 23.0 Å². The zero-order valence-corrected chi connectivity index (χ0v) is 13.3. The monoisotopic (exact) mass is 342 g/mol. The summed E-state index contributed by atoms with van der Waals surface area (Å²) in [6.07, 6.45) is 1.97. The fourth-order valence-electron chi connectivity index (χ4n) is 1.84. The van der Waals surface area contributed by atoms with Crippen LogP contribution in [0.15, 0.2) is 18.2 Å². The Morgan fingerprint density at radius 2 is 2.20 bits per heavy atom. The fourth-order valence-corrected chi connectivity index (χ4v) is 2.16. The molecule has 0 fully saturated rings. The van der Waals surface area contributed by atoms with Gasteiger partial charge in [0.25, 0.3) is 11.6 Å². The smallest absolute Gasteiger partial charge is 0.269 e. The molecule has 0 radical (unpaired) electrons. The van der Waals surface area contributed by atoms with E-state index in [4.69, 9.17) is 0 Å². The van der Waals surface area contributed by atoms with E-state index >= 15 is 0 Å². The molecule has 20 heavy (non-hydrogen) atoms. The van der Waals surface area contributed by atoms with Crippen LogP contribution >= 0.6 is 15.9 Å². The molecular formula is C14H19BrN2O3. The molecule has 6 heteroatoms. The van der Waals surface area contributed by atoms with E-state index in [1.54, 1.807) is 6.92 Å². The zero-order valence-electron chi connectivity index (χ0n) is 11.7. The molecule has 0 aliphatic carbocycles. The van der Waals surface area contributed by atoms with E-state index in [9.17, 15) is 14.9 Å². The lowest BCUT2D eigenvalue weighted by atomic mass is 10.1. The quantitative estimate of drug-likeness (QED) is 0.357. The van der Waals surface area contributed by atoms with Crippen molar-refractivity contribution >= 4 is 27.5 Å². The molecule has 1 aromatic carbocycles. The largest absolute Gasteiger partial charge is 0.352 e. The third-order valence-corrected chi connectivity index (χ3v) is 4.19. The third kappa shape index (κ3) is 4.92. The van der Waals surface area contributed by atoms with Crippen molar-refractivity contribution in [2.75, 3.05) is 11.9 Å². The van der Waals surface area contributed by atoms with Gasteiger partial charge in [0.15, 0.2) is 0 Å². The summed E-state index contributed by atoms with van der Waals surface area (Å²) < 4.78 is 0. The molecule has 0 aromatic heterocycles. The van der Waals surface area contributed by atoms with E-state index < -0.39 is 4.92 Å². The summed E-state index contributed by atoms with van der Waals surface area (Å²) >= 11 is 3.42. The number of halogens is 1. The number of nitro benzene ring substituents is 1. The molecule has 0 spiro atoms. The average molecular weight is 343 g/mol. The highest BCUT2D eigenvalue weighted by atomic mass is 79.9. The van der Waals surface area contributed by atoms with Crippen molar-refractivity contribution < 1.29 is 9.72 Å². The number of carbonyl (C=O) groups excluding carboxylic acids is 1. The predicted octanol–water partition coefficient (Wildman–Crippen LogP) is 3.44. The van der Waals surface area contributed by atoms with Crippen LogP contribution in [0.25, 0.3) is 0 Å². The summed E-state index contributed by atoms with van der Waals surface area (Å²) in [5, 5.41) is 14.4. The standard InChI is InChI=1S/C14H19BrN2O3/c1-10(9-15)4-3-7-16-14(18)13-6-5-12(17(19)20)8-11(13)2/h5-6,8,10H,3-4,7,9H2,1-2H3,(H,16,18). The van der Waals surface area contributed by atoms with Gasteiger partial charge in [-0.25, -0.2) is 0 Å². The van der Waals surface area contributed by atoms with Crippen LogP contribution in [0.1, 0.15) is 35.7 Å². The predicted molar refractivity (Wildman–Crippen MR) is 82.4 cm³/mol. The normalized spacial score (nSPS) is 11.9. The Morgan fingerprint density at radius 1 is 1.50 bits per heavy atom. The molecule has 0 bridgehead atoms. The highest BCUT2D eigenvalue weighted by Crippen LogP contribution is 2.17. The summed E-state index contributed by atoms with van der Waals surface area (Å²) in [5.41, 5.74) is 1.11. The highest BCUT2D eigenvalue weighted by molar-refractivity contribution is 9.09. The molecule has 1 rings (SSSR count). The summed E-state index contributed by atoms with van der Waals surface area (Å²) in [6.45, 7) is 4.47. The molecule has 1 aromatic rings. The topological polar surface area (TPSA) is 72.2 Å². The van der Waals surface area contributed by atoms with Crippen molar-refractivity contribution in [3.63, 3.8) is 0 Å². The number of rotatable bonds is 7. The third-order valence-electron chi connectivity index (χ3n) is 3.09. The van der Waals surface area contributed by atoms with Crippen LogP contribution in [0.5, 0.6) is 0 Å². The lowest BCUT2D eigenvalue weighted by Gasteiger charge is -2.09. The Bertz CT molecular complexity index is 491. The number of nitrogens with one attached hydrogen (secondary N) is 1. The first-order valence-corrected chi connectivity index (χ1v) is 7.67. The number of carbonyl (C=O) groups is 1. The van der Waals surface area contributed by atoms with E-state index in [0.717, 1.165) is 18.2 Å². The summed E-state index contributed by atoms with van der Waals surface area (Å²) in [5.74, 6) is 0.414. The number of non-ortho nitro benzene ring substituents is 1. The van der Waals surface area contributed by atoms with Gasteiger partial charge in [0.2, 0.25) is 0 Å². The van der Waals surface area contributed by atoms with Crippen LogP contribution < -0.4 is 5.32 Å². The second-order valence-electron chi connectivity index (χ2n) is 4.91. The van der Waals surface area contributed by atoms with Crippen LogP contribution in [-0.4, -0.2) is 22.7 Å². The first-order valence-electron chi connectivity index (χ1n) is 6.55. The number of hydrogen-bond donors (Lipinski definition) is 1. The van der Waals surface area contributed by atoms with Crippen LogP contribution in [0.2, 0.25) is 0 Å². The molecule has 1 atom stereocenters. The SMILES string of the molecule is Cc1cc([N+](=O)[O-])ccc1C(=O)NCCCC(C)CBr. The number of benzene rings is 1. The van der Waals surface area contributed by atoms with Gasteiger partial charge in [-0.3, -0.25) is 14.9 Å².